The third-order valence-electron chi connectivity index (χ3n) is 3.60. The minimum Gasteiger partial charge on any atom is -0.389 e. The molecule has 0 aromatic heterocycles. The van der Waals surface area contributed by atoms with Crippen LogP contribution >= 0.6 is 0 Å². The van der Waals surface area contributed by atoms with Crippen LogP contribution in [0.1, 0.15) is 30.5 Å². The van der Waals surface area contributed by atoms with Gasteiger partial charge in [-0.25, -0.2) is 0 Å². The molecule has 1 aromatic carbocycles. The fraction of sp³-hybridized carbons (Fsp3) is 0.667. The first-order valence-corrected chi connectivity index (χ1v) is 7.99. The van der Waals surface area contributed by atoms with Gasteiger partial charge in [0.05, 0.1) is 25.4 Å². The number of rotatable bonds is 10. The SMILES string of the molecule is COCCN(Cc1cc(C)ccc1C)CC(O)COC(C)C. The normalized spacial score (nSPS) is 13.1. The van der Waals surface area contributed by atoms with E-state index in [0.29, 0.717) is 19.8 Å². The van der Waals surface area contributed by atoms with Crippen molar-refractivity contribution in [3.05, 3.63) is 34.9 Å². The summed E-state index contributed by atoms with van der Waals surface area (Å²) in [6.07, 6.45) is -0.342. The Morgan fingerprint density at radius 3 is 2.59 bits per heavy atom. The Morgan fingerprint density at radius 2 is 1.95 bits per heavy atom. The van der Waals surface area contributed by atoms with Crippen molar-refractivity contribution in [3.8, 4) is 0 Å². The number of aryl methyl sites for hydroxylation is 2. The number of aliphatic hydroxyl groups is 1. The molecular weight excluding hydrogens is 278 g/mol. The second-order valence-corrected chi connectivity index (χ2v) is 6.19. The van der Waals surface area contributed by atoms with Gasteiger partial charge in [0.1, 0.15) is 0 Å². The summed E-state index contributed by atoms with van der Waals surface area (Å²) in [5.41, 5.74) is 3.84. The molecule has 0 aliphatic carbocycles. The number of ether oxygens (including phenoxy) is 2. The highest BCUT2D eigenvalue weighted by Gasteiger charge is 2.14. The molecule has 1 unspecified atom stereocenters. The van der Waals surface area contributed by atoms with Crippen LogP contribution in [0.3, 0.4) is 0 Å². The van der Waals surface area contributed by atoms with E-state index in [-0.39, 0.29) is 6.10 Å². The van der Waals surface area contributed by atoms with E-state index in [0.717, 1.165) is 13.1 Å². The van der Waals surface area contributed by atoms with Crippen LogP contribution < -0.4 is 0 Å². The highest BCUT2D eigenvalue weighted by Crippen LogP contribution is 2.13. The second kappa shape index (κ2) is 9.95. The Labute approximate surface area is 135 Å². The molecule has 4 nitrogen and oxygen atoms in total. The maximum atomic E-state index is 10.2. The fourth-order valence-corrected chi connectivity index (χ4v) is 2.32. The third kappa shape index (κ3) is 7.36. The van der Waals surface area contributed by atoms with Crippen LogP contribution in [0.15, 0.2) is 18.2 Å². The number of nitrogens with zero attached hydrogens (tertiary/aromatic N) is 1. The van der Waals surface area contributed by atoms with Crippen molar-refractivity contribution in [1.82, 2.24) is 4.90 Å². The molecule has 0 saturated heterocycles. The summed E-state index contributed by atoms with van der Waals surface area (Å²) < 4.78 is 10.7. The molecule has 1 aromatic rings. The molecule has 4 heteroatoms. The monoisotopic (exact) mass is 309 g/mol. The topological polar surface area (TPSA) is 41.9 Å². The molecule has 0 aliphatic heterocycles. The minimum atomic E-state index is -0.482. The van der Waals surface area contributed by atoms with Gasteiger partial charge in [0.15, 0.2) is 0 Å². The summed E-state index contributed by atoms with van der Waals surface area (Å²) in [5.74, 6) is 0. The van der Waals surface area contributed by atoms with Gasteiger partial charge >= 0.3 is 0 Å². The first-order chi connectivity index (χ1) is 10.4. The summed E-state index contributed by atoms with van der Waals surface area (Å²) in [6.45, 7) is 11.4. The Balaban J connectivity index is 2.65. The van der Waals surface area contributed by atoms with E-state index in [1.54, 1.807) is 7.11 Å². The summed E-state index contributed by atoms with van der Waals surface area (Å²) in [5, 5.41) is 10.2. The standard InChI is InChI=1S/C18H31NO3/c1-14(2)22-13-18(20)12-19(8-9-21-5)11-17-10-15(3)6-7-16(17)4/h6-7,10,14,18,20H,8-9,11-13H2,1-5H3. The van der Waals surface area contributed by atoms with Gasteiger partial charge in [-0.2, -0.15) is 0 Å². The van der Waals surface area contributed by atoms with Gasteiger partial charge in [-0.05, 0) is 38.8 Å². The Bertz CT molecular complexity index is 434. The van der Waals surface area contributed by atoms with Gasteiger partial charge in [-0.3, -0.25) is 4.90 Å². The van der Waals surface area contributed by atoms with Gasteiger partial charge in [0, 0.05) is 26.7 Å². The Kier molecular flexibility index (Phi) is 8.64. The van der Waals surface area contributed by atoms with Crippen LogP contribution in [-0.4, -0.2) is 55.6 Å². The number of hydrogen-bond acceptors (Lipinski definition) is 4. The van der Waals surface area contributed by atoms with Crippen LogP contribution in [-0.2, 0) is 16.0 Å². The molecule has 0 heterocycles. The van der Waals surface area contributed by atoms with E-state index in [1.165, 1.54) is 16.7 Å². The quantitative estimate of drug-likeness (QED) is 0.721. The number of benzene rings is 1. The van der Waals surface area contributed by atoms with Crippen LogP contribution in [0, 0.1) is 13.8 Å². The van der Waals surface area contributed by atoms with Crippen LogP contribution in [0.5, 0.6) is 0 Å². The molecule has 0 aliphatic rings. The van der Waals surface area contributed by atoms with Crippen molar-refractivity contribution < 1.29 is 14.6 Å². The predicted molar refractivity (Wildman–Crippen MR) is 90.2 cm³/mol. The molecule has 0 amide bonds. The lowest BCUT2D eigenvalue weighted by Gasteiger charge is -2.26. The molecule has 0 fully saturated rings. The maximum Gasteiger partial charge on any atom is 0.0900 e. The Morgan fingerprint density at radius 1 is 1.23 bits per heavy atom. The van der Waals surface area contributed by atoms with Crippen molar-refractivity contribution in [2.75, 3.05) is 33.4 Å². The van der Waals surface area contributed by atoms with E-state index in [1.807, 2.05) is 13.8 Å². The molecule has 1 rings (SSSR count). The summed E-state index contributed by atoms with van der Waals surface area (Å²) >= 11 is 0. The molecule has 1 atom stereocenters. The van der Waals surface area contributed by atoms with Gasteiger partial charge in [-0.1, -0.05) is 23.8 Å². The zero-order chi connectivity index (χ0) is 16.5. The molecule has 0 saturated carbocycles. The van der Waals surface area contributed by atoms with Crippen molar-refractivity contribution in [1.29, 1.82) is 0 Å². The predicted octanol–water partition coefficient (Wildman–Crippen LogP) is 2.54. The fourth-order valence-electron chi connectivity index (χ4n) is 2.32. The lowest BCUT2D eigenvalue weighted by atomic mass is 10.1. The average molecular weight is 309 g/mol. The molecule has 0 spiro atoms. The largest absolute Gasteiger partial charge is 0.389 e. The summed E-state index contributed by atoms with van der Waals surface area (Å²) in [7, 11) is 1.70. The molecule has 1 N–H and O–H groups in total. The van der Waals surface area contributed by atoms with Crippen molar-refractivity contribution in [2.24, 2.45) is 0 Å². The first kappa shape index (κ1) is 19.1. The first-order valence-electron chi connectivity index (χ1n) is 7.99. The van der Waals surface area contributed by atoms with E-state index in [2.05, 4.69) is 36.9 Å². The number of hydrogen-bond donors (Lipinski definition) is 1. The highest BCUT2D eigenvalue weighted by molar-refractivity contribution is 5.30. The smallest absolute Gasteiger partial charge is 0.0900 e. The van der Waals surface area contributed by atoms with E-state index < -0.39 is 6.10 Å². The van der Waals surface area contributed by atoms with Crippen LogP contribution in [0.25, 0.3) is 0 Å². The number of aliphatic hydroxyl groups excluding tert-OH is 1. The lowest BCUT2D eigenvalue weighted by Crippen LogP contribution is -2.37. The lowest BCUT2D eigenvalue weighted by molar-refractivity contribution is -0.0121. The van der Waals surface area contributed by atoms with Gasteiger partial charge in [0.2, 0.25) is 0 Å². The van der Waals surface area contributed by atoms with Crippen LogP contribution in [0.4, 0.5) is 0 Å². The van der Waals surface area contributed by atoms with Crippen molar-refractivity contribution >= 4 is 0 Å². The van der Waals surface area contributed by atoms with Gasteiger partial charge in [-0.15, -0.1) is 0 Å². The summed E-state index contributed by atoms with van der Waals surface area (Å²) in [4.78, 5) is 2.22. The van der Waals surface area contributed by atoms with Crippen molar-refractivity contribution in [2.45, 2.75) is 46.4 Å². The second-order valence-electron chi connectivity index (χ2n) is 6.19. The highest BCUT2D eigenvalue weighted by atomic mass is 16.5. The third-order valence-corrected chi connectivity index (χ3v) is 3.60. The van der Waals surface area contributed by atoms with Crippen molar-refractivity contribution in [3.63, 3.8) is 0 Å². The summed E-state index contributed by atoms with van der Waals surface area (Å²) in [6, 6.07) is 6.49. The molecule has 0 radical (unpaired) electrons. The molecule has 22 heavy (non-hydrogen) atoms. The van der Waals surface area contributed by atoms with Gasteiger partial charge in [0.25, 0.3) is 0 Å². The molecule has 126 valence electrons. The average Bonchev–Trinajstić information content (AvgIpc) is 2.46. The van der Waals surface area contributed by atoms with E-state index >= 15 is 0 Å². The molecular formula is C18H31NO3. The van der Waals surface area contributed by atoms with Crippen LogP contribution in [0.2, 0.25) is 0 Å². The zero-order valence-electron chi connectivity index (χ0n) is 14.6. The Hall–Kier alpha value is -0.940. The maximum absolute atomic E-state index is 10.2. The molecule has 0 bridgehead atoms. The van der Waals surface area contributed by atoms with E-state index in [9.17, 15) is 5.11 Å². The minimum absolute atomic E-state index is 0.140. The zero-order valence-corrected chi connectivity index (χ0v) is 14.6. The van der Waals surface area contributed by atoms with Gasteiger partial charge < -0.3 is 14.6 Å². The number of methoxy groups -OCH3 is 1. The van der Waals surface area contributed by atoms with E-state index in [4.69, 9.17) is 9.47 Å².